The number of carboxylic acids is 1. The molecule has 4 N–H and O–H groups in total. The maximum absolute atomic E-state index is 11.8. The molecule has 1 aromatic heterocycles. The smallest absolute Gasteiger partial charge is 0.337 e. The number of aromatic nitrogens is 1. The monoisotopic (exact) mass is 311 g/mol. The SMILES string of the molecule is Nc1nc(CC(=O)Nc2ccc(Cl)cc2C(=O)O)cs1. The number of nitrogens with zero attached hydrogens (tertiary/aromatic N) is 1. The average Bonchev–Trinajstić information content (AvgIpc) is 2.76. The molecular formula is C12H10ClN3O3S. The molecule has 0 radical (unpaired) electrons. The van der Waals surface area contributed by atoms with Crippen molar-refractivity contribution < 1.29 is 14.7 Å². The standard InChI is InChI=1S/C12H10ClN3O3S/c13-6-1-2-9(8(3-6)11(18)19)16-10(17)4-7-5-20-12(14)15-7/h1-3,5H,4H2,(H2,14,15)(H,16,17)(H,18,19). The van der Waals surface area contributed by atoms with Gasteiger partial charge in [0.25, 0.3) is 0 Å². The Balaban J connectivity index is 2.13. The second-order valence-corrected chi connectivity index (χ2v) is 5.22. The van der Waals surface area contributed by atoms with Crippen molar-refractivity contribution in [3.05, 3.63) is 39.9 Å². The lowest BCUT2D eigenvalue weighted by molar-refractivity contribution is -0.115. The molecule has 0 bridgehead atoms. The van der Waals surface area contributed by atoms with Gasteiger partial charge in [0.2, 0.25) is 5.91 Å². The van der Waals surface area contributed by atoms with Crippen LogP contribution in [0.15, 0.2) is 23.6 Å². The first-order valence-corrected chi connectivity index (χ1v) is 6.74. The van der Waals surface area contributed by atoms with E-state index in [2.05, 4.69) is 10.3 Å². The molecule has 1 heterocycles. The molecule has 0 saturated heterocycles. The number of nitrogens with one attached hydrogen (secondary N) is 1. The maximum atomic E-state index is 11.8. The number of halogens is 1. The van der Waals surface area contributed by atoms with Gasteiger partial charge >= 0.3 is 5.97 Å². The predicted octanol–water partition coefficient (Wildman–Crippen LogP) is 2.26. The van der Waals surface area contributed by atoms with Crippen molar-refractivity contribution in [2.45, 2.75) is 6.42 Å². The largest absolute Gasteiger partial charge is 0.478 e. The Morgan fingerprint density at radius 2 is 2.20 bits per heavy atom. The molecule has 0 aliphatic heterocycles. The number of aromatic carboxylic acids is 1. The molecule has 0 fully saturated rings. The Morgan fingerprint density at radius 3 is 2.80 bits per heavy atom. The Hall–Kier alpha value is -2.12. The lowest BCUT2D eigenvalue weighted by Crippen LogP contribution is -2.17. The third-order valence-electron chi connectivity index (χ3n) is 2.40. The molecule has 8 heteroatoms. The van der Waals surface area contributed by atoms with Crippen molar-refractivity contribution >= 4 is 45.6 Å². The van der Waals surface area contributed by atoms with Gasteiger partial charge in [-0.2, -0.15) is 0 Å². The topological polar surface area (TPSA) is 105 Å². The zero-order chi connectivity index (χ0) is 14.7. The summed E-state index contributed by atoms with van der Waals surface area (Å²) in [5.41, 5.74) is 6.13. The summed E-state index contributed by atoms with van der Waals surface area (Å²) in [6.07, 6.45) is 0.0232. The molecule has 0 aliphatic carbocycles. The fourth-order valence-electron chi connectivity index (χ4n) is 1.57. The highest BCUT2D eigenvalue weighted by Gasteiger charge is 2.14. The van der Waals surface area contributed by atoms with Gasteiger partial charge in [-0.3, -0.25) is 4.79 Å². The lowest BCUT2D eigenvalue weighted by Gasteiger charge is -2.08. The highest BCUT2D eigenvalue weighted by Crippen LogP contribution is 2.21. The van der Waals surface area contributed by atoms with Crippen LogP contribution in [0.1, 0.15) is 16.1 Å². The number of nitrogen functional groups attached to an aromatic ring is 1. The molecule has 0 saturated carbocycles. The van der Waals surface area contributed by atoms with Crippen LogP contribution in [-0.4, -0.2) is 22.0 Å². The minimum atomic E-state index is -1.17. The zero-order valence-electron chi connectivity index (χ0n) is 10.1. The lowest BCUT2D eigenvalue weighted by atomic mass is 10.1. The van der Waals surface area contributed by atoms with E-state index in [9.17, 15) is 9.59 Å². The number of benzene rings is 1. The van der Waals surface area contributed by atoms with Crippen LogP contribution in [0.25, 0.3) is 0 Å². The Kier molecular flexibility index (Phi) is 4.21. The molecule has 1 amide bonds. The second-order valence-electron chi connectivity index (χ2n) is 3.90. The highest BCUT2D eigenvalue weighted by molar-refractivity contribution is 7.13. The van der Waals surface area contributed by atoms with Gasteiger partial charge in [0, 0.05) is 10.4 Å². The number of anilines is 2. The van der Waals surface area contributed by atoms with Crippen LogP contribution in [-0.2, 0) is 11.2 Å². The molecule has 2 aromatic rings. The molecule has 1 aromatic carbocycles. The summed E-state index contributed by atoms with van der Waals surface area (Å²) in [6, 6.07) is 4.23. The number of amides is 1. The van der Waals surface area contributed by atoms with E-state index < -0.39 is 5.97 Å². The number of nitrogens with two attached hydrogens (primary N) is 1. The van der Waals surface area contributed by atoms with Gasteiger partial charge in [0.1, 0.15) is 0 Å². The van der Waals surface area contributed by atoms with Gasteiger partial charge in [0.15, 0.2) is 5.13 Å². The van der Waals surface area contributed by atoms with Gasteiger partial charge in [-0.15, -0.1) is 11.3 Å². The minimum Gasteiger partial charge on any atom is -0.478 e. The van der Waals surface area contributed by atoms with Crippen LogP contribution < -0.4 is 11.1 Å². The third-order valence-corrected chi connectivity index (χ3v) is 3.36. The zero-order valence-corrected chi connectivity index (χ0v) is 11.7. The summed E-state index contributed by atoms with van der Waals surface area (Å²) < 4.78 is 0. The van der Waals surface area contributed by atoms with E-state index >= 15 is 0 Å². The van der Waals surface area contributed by atoms with E-state index in [0.29, 0.717) is 10.8 Å². The first-order chi connectivity index (χ1) is 9.45. The number of rotatable bonds is 4. The van der Waals surface area contributed by atoms with E-state index in [-0.39, 0.29) is 28.6 Å². The molecule has 104 valence electrons. The van der Waals surface area contributed by atoms with Crippen molar-refractivity contribution in [1.29, 1.82) is 0 Å². The summed E-state index contributed by atoms with van der Waals surface area (Å²) >= 11 is 6.97. The Morgan fingerprint density at radius 1 is 1.45 bits per heavy atom. The Bertz CT molecular complexity index is 672. The van der Waals surface area contributed by atoms with Gasteiger partial charge in [-0.05, 0) is 18.2 Å². The summed E-state index contributed by atoms with van der Waals surface area (Å²) in [7, 11) is 0. The first kappa shape index (κ1) is 14.3. The van der Waals surface area contributed by atoms with Crippen LogP contribution in [0, 0.1) is 0 Å². The molecule has 0 aliphatic rings. The predicted molar refractivity (Wildman–Crippen MR) is 77.3 cm³/mol. The number of thiazole rings is 1. The summed E-state index contributed by atoms with van der Waals surface area (Å²) in [5, 5.41) is 13.9. The minimum absolute atomic E-state index is 0.0232. The highest BCUT2D eigenvalue weighted by atomic mass is 35.5. The quantitative estimate of drug-likeness (QED) is 0.803. The normalized spacial score (nSPS) is 10.2. The van der Waals surface area contributed by atoms with Gasteiger partial charge in [0.05, 0.1) is 23.4 Å². The molecule has 0 spiro atoms. The van der Waals surface area contributed by atoms with Gasteiger partial charge in [-0.1, -0.05) is 11.6 Å². The fourth-order valence-corrected chi connectivity index (χ4v) is 2.30. The van der Waals surface area contributed by atoms with Crippen molar-refractivity contribution in [2.75, 3.05) is 11.1 Å². The van der Waals surface area contributed by atoms with Crippen molar-refractivity contribution in [3.63, 3.8) is 0 Å². The van der Waals surface area contributed by atoms with Crippen LogP contribution >= 0.6 is 22.9 Å². The number of carbonyl (C=O) groups is 2. The van der Waals surface area contributed by atoms with E-state index in [1.54, 1.807) is 5.38 Å². The van der Waals surface area contributed by atoms with Crippen LogP contribution in [0.3, 0.4) is 0 Å². The fraction of sp³-hybridized carbons (Fsp3) is 0.0833. The van der Waals surface area contributed by atoms with E-state index in [1.165, 1.54) is 29.5 Å². The maximum Gasteiger partial charge on any atom is 0.337 e. The number of hydrogen-bond donors (Lipinski definition) is 3. The van der Waals surface area contributed by atoms with Crippen molar-refractivity contribution in [3.8, 4) is 0 Å². The Labute approximate surface area is 123 Å². The molecule has 6 nitrogen and oxygen atoms in total. The van der Waals surface area contributed by atoms with E-state index in [4.69, 9.17) is 22.4 Å². The molecular weight excluding hydrogens is 302 g/mol. The molecule has 0 unspecified atom stereocenters. The number of hydrogen-bond acceptors (Lipinski definition) is 5. The number of carbonyl (C=O) groups excluding carboxylic acids is 1. The van der Waals surface area contributed by atoms with Crippen LogP contribution in [0.2, 0.25) is 5.02 Å². The molecule has 2 rings (SSSR count). The number of carboxylic acid groups (broad SMARTS) is 1. The molecule has 0 atom stereocenters. The average molecular weight is 312 g/mol. The van der Waals surface area contributed by atoms with Gasteiger partial charge < -0.3 is 16.2 Å². The molecule has 20 heavy (non-hydrogen) atoms. The van der Waals surface area contributed by atoms with Gasteiger partial charge in [-0.25, -0.2) is 9.78 Å². The van der Waals surface area contributed by atoms with Crippen molar-refractivity contribution in [1.82, 2.24) is 4.98 Å². The van der Waals surface area contributed by atoms with Crippen LogP contribution in [0.5, 0.6) is 0 Å². The third kappa shape index (κ3) is 3.46. The van der Waals surface area contributed by atoms with Crippen molar-refractivity contribution in [2.24, 2.45) is 0 Å². The van der Waals surface area contributed by atoms with E-state index in [0.717, 1.165) is 0 Å². The first-order valence-electron chi connectivity index (χ1n) is 5.48. The van der Waals surface area contributed by atoms with E-state index in [1.807, 2.05) is 0 Å². The summed E-state index contributed by atoms with van der Waals surface area (Å²) in [6.45, 7) is 0. The second kappa shape index (κ2) is 5.89. The summed E-state index contributed by atoms with van der Waals surface area (Å²) in [4.78, 5) is 26.9. The van der Waals surface area contributed by atoms with Crippen LogP contribution in [0.4, 0.5) is 10.8 Å². The summed E-state index contributed by atoms with van der Waals surface area (Å²) in [5.74, 6) is -1.54.